The zero-order valence-electron chi connectivity index (χ0n) is 20.1. The van der Waals surface area contributed by atoms with Crippen molar-refractivity contribution in [3.8, 4) is 6.07 Å². The third-order valence-corrected chi connectivity index (χ3v) is 5.93. The van der Waals surface area contributed by atoms with Gasteiger partial charge in [0, 0.05) is 37.8 Å². The number of anilines is 2. The first-order chi connectivity index (χ1) is 17.2. The van der Waals surface area contributed by atoms with Gasteiger partial charge in [-0.1, -0.05) is 6.07 Å². The van der Waals surface area contributed by atoms with Gasteiger partial charge in [-0.3, -0.25) is 23.9 Å². The number of hydrogen-bond donors (Lipinski definition) is 3. The van der Waals surface area contributed by atoms with Gasteiger partial charge >= 0.3 is 0 Å². The molecule has 36 heavy (non-hydrogen) atoms. The zero-order valence-corrected chi connectivity index (χ0v) is 21.0. The number of nitriles is 1. The zero-order chi connectivity index (χ0) is 26.7. The van der Waals surface area contributed by atoms with Crippen molar-refractivity contribution in [3.63, 3.8) is 0 Å². The summed E-state index contributed by atoms with van der Waals surface area (Å²) in [6, 6.07) is 8.56. The molecule has 0 spiro atoms. The molecule has 1 aromatic carbocycles. The summed E-state index contributed by atoms with van der Waals surface area (Å²) in [4.78, 5) is 39.1. The molecule has 0 bridgehead atoms. The molecule has 0 atom stereocenters. The summed E-state index contributed by atoms with van der Waals surface area (Å²) in [6.45, 7) is 2.24. The monoisotopic (exact) mass is 522 g/mol. The number of carbonyl (C=O) groups is 2. The number of benzene rings is 1. The summed E-state index contributed by atoms with van der Waals surface area (Å²) in [5.41, 5.74) is 0.270. The highest BCUT2D eigenvalue weighted by atomic mass is 32.1. The molecule has 3 N–H and O–H groups in total. The van der Waals surface area contributed by atoms with Crippen molar-refractivity contribution in [2.45, 2.75) is 19.9 Å². The minimum atomic E-state index is -2.77. The number of nitrogens with one attached hydrogen (secondary N) is 3. The van der Waals surface area contributed by atoms with E-state index in [2.05, 4.69) is 10.6 Å². The largest absolute Gasteiger partial charge is 0.383 e. The quantitative estimate of drug-likeness (QED) is 0.367. The highest BCUT2D eigenvalue weighted by molar-refractivity contribution is 7.07. The van der Waals surface area contributed by atoms with Crippen LogP contribution in [0.2, 0.25) is 0 Å². The summed E-state index contributed by atoms with van der Waals surface area (Å²) >= 11 is 0.892. The molecule has 0 aliphatic heterocycles. The fourth-order valence-electron chi connectivity index (χ4n) is 3.05. The topological polar surface area (TPSA) is 128 Å². The predicted molar refractivity (Wildman–Crippen MR) is 134 cm³/mol. The number of aromatic nitrogens is 1. The molecule has 2 aromatic rings. The Labute approximate surface area is 210 Å². The Morgan fingerprint density at radius 3 is 2.69 bits per heavy atom. The summed E-state index contributed by atoms with van der Waals surface area (Å²) in [5, 5.41) is 17.2. The highest BCUT2D eigenvalue weighted by Crippen LogP contribution is 2.15. The Bertz CT molecular complexity index is 1280. The number of thiazole rings is 1. The van der Waals surface area contributed by atoms with E-state index in [4.69, 9.17) is 4.74 Å². The molecule has 0 fully saturated rings. The van der Waals surface area contributed by atoms with Crippen LogP contribution in [-0.2, 0) is 20.9 Å². The van der Waals surface area contributed by atoms with Gasteiger partial charge in [0.15, 0.2) is 5.57 Å². The van der Waals surface area contributed by atoms with Crippen LogP contribution < -0.4 is 30.7 Å². The number of likely N-dealkylation sites (N-methyl/N-ethyl adjacent to an activating group) is 1. The van der Waals surface area contributed by atoms with Crippen molar-refractivity contribution in [3.05, 3.63) is 43.8 Å². The van der Waals surface area contributed by atoms with Crippen molar-refractivity contribution in [2.75, 3.05) is 51.0 Å². The maximum absolute atomic E-state index is 12.8. The van der Waals surface area contributed by atoms with Crippen LogP contribution in [-0.4, -0.2) is 68.1 Å². The van der Waals surface area contributed by atoms with Gasteiger partial charge in [0.25, 0.3) is 17.9 Å². The first kappa shape index (κ1) is 28.6. The second kappa shape index (κ2) is 14.1. The van der Waals surface area contributed by atoms with Crippen molar-refractivity contribution in [1.82, 2.24) is 14.8 Å². The van der Waals surface area contributed by atoms with E-state index >= 15 is 0 Å². The van der Waals surface area contributed by atoms with E-state index in [0.717, 1.165) is 11.3 Å². The molecule has 10 nitrogen and oxygen atoms in total. The summed E-state index contributed by atoms with van der Waals surface area (Å²) in [7, 11) is 3.40. The number of hydrogen-bond acceptors (Lipinski definition) is 8. The molecule has 0 saturated heterocycles. The Morgan fingerprint density at radius 2 is 2.06 bits per heavy atom. The second-order valence-electron chi connectivity index (χ2n) is 7.56. The van der Waals surface area contributed by atoms with Gasteiger partial charge in [-0.25, -0.2) is 8.78 Å². The van der Waals surface area contributed by atoms with Crippen molar-refractivity contribution >= 4 is 46.3 Å². The third kappa shape index (κ3) is 8.26. The molecular formula is C23H28F2N6O4S. The Hall–Kier alpha value is -3.60. The molecule has 194 valence electrons. The molecule has 0 unspecified atom stereocenters. The lowest BCUT2D eigenvalue weighted by Gasteiger charge is -2.15. The van der Waals surface area contributed by atoms with Crippen LogP contribution in [0.5, 0.6) is 0 Å². The van der Waals surface area contributed by atoms with Crippen LogP contribution in [0.3, 0.4) is 0 Å². The van der Waals surface area contributed by atoms with Gasteiger partial charge in [-0.15, -0.1) is 11.3 Å². The molecule has 2 amide bonds. The van der Waals surface area contributed by atoms with Crippen LogP contribution in [0.25, 0.3) is 11.8 Å². The first-order valence-corrected chi connectivity index (χ1v) is 11.8. The predicted octanol–water partition coefficient (Wildman–Crippen LogP) is 0.352. The number of halogens is 2. The maximum atomic E-state index is 12.8. The van der Waals surface area contributed by atoms with Gasteiger partial charge < -0.3 is 20.7 Å². The summed E-state index contributed by atoms with van der Waals surface area (Å²) in [6.07, 6.45) is -1.34. The SMILES string of the molecule is CCn1c(=O)/c(=C\Nc2cccc(NC(=O)CN(C)CCOC)c2)s/c1=C(/C#N)C(=O)NCC(F)F. The van der Waals surface area contributed by atoms with Crippen LogP contribution in [0.15, 0.2) is 29.1 Å². The average Bonchev–Trinajstić information content (AvgIpc) is 3.15. The molecule has 0 saturated carbocycles. The lowest BCUT2D eigenvalue weighted by atomic mass is 10.2. The molecule has 0 aliphatic rings. The van der Waals surface area contributed by atoms with E-state index in [1.807, 2.05) is 17.3 Å². The lowest BCUT2D eigenvalue weighted by Crippen LogP contribution is -2.35. The number of rotatable bonds is 12. The number of ether oxygens (including phenoxy) is 1. The van der Waals surface area contributed by atoms with Crippen LogP contribution in [0.4, 0.5) is 20.2 Å². The van der Waals surface area contributed by atoms with Gasteiger partial charge in [-0.05, 0) is 32.2 Å². The fraction of sp³-hybridized carbons (Fsp3) is 0.391. The average molecular weight is 523 g/mol. The first-order valence-electron chi connectivity index (χ1n) is 10.9. The number of nitrogens with zero attached hydrogens (tertiary/aromatic N) is 3. The van der Waals surface area contributed by atoms with E-state index in [9.17, 15) is 28.4 Å². The number of carbonyl (C=O) groups excluding carboxylic acids is 2. The molecule has 0 radical (unpaired) electrons. The lowest BCUT2D eigenvalue weighted by molar-refractivity contribution is -0.117. The Kier molecular flexibility index (Phi) is 11.2. The van der Waals surface area contributed by atoms with Crippen molar-refractivity contribution in [2.24, 2.45) is 0 Å². The maximum Gasteiger partial charge on any atom is 0.270 e. The number of methoxy groups -OCH3 is 1. The minimum Gasteiger partial charge on any atom is -0.383 e. The fourth-order valence-corrected chi connectivity index (χ4v) is 4.14. The smallest absolute Gasteiger partial charge is 0.270 e. The summed E-state index contributed by atoms with van der Waals surface area (Å²) in [5.74, 6) is -1.18. The number of amides is 2. The van der Waals surface area contributed by atoms with E-state index < -0.39 is 30.0 Å². The molecule has 13 heteroatoms. The second-order valence-corrected chi connectivity index (χ2v) is 8.59. The van der Waals surface area contributed by atoms with Gasteiger partial charge in [0.2, 0.25) is 5.91 Å². The Morgan fingerprint density at radius 1 is 1.33 bits per heavy atom. The molecule has 0 aliphatic carbocycles. The van der Waals surface area contributed by atoms with E-state index in [1.54, 1.807) is 44.4 Å². The van der Waals surface area contributed by atoms with Gasteiger partial charge in [-0.2, -0.15) is 5.26 Å². The van der Waals surface area contributed by atoms with Gasteiger partial charge in [0.05, 0.1) is 19.7 Å². The molecular weight excluding hydrogens is 494 g/mol. The normalized spacial score (nSPS) is 12.4. The third-order valence-electron chi connectivity index (χ3n) is 4.80. The van der Waals surface area contributed by atoms with E-state index in [0.29, 0.717) is 24.5 Å². The van der Waals surface area contributed by atoms with Crippen LogP contribution >= 0.6 is 11.3 Å². The van der Waals surface area contributed by atoms with Crippen LogP contribution in [0.1, 0.15) is 6.92 Å². The van der Waals surface area contributed by atoms with E-state index in [-0.39, 0.29) is 28.2 Å². The number of alkyl halides is 2. The molecule has 2 rings (SSSR count). The molecule has 1 aromatic heterocycles. The van der Waals surface area contributed by atoms with Gasteiger partial charge in [0.1, 0.15) is 15.3 Å². The van der Waals surface area contributed by atoms with Crippen molar-refractivity contribution < 1.29 is 23.1 Å². The summed E-state index contributed by atoms with van der Waals surface area (Å²) < 4.78 is 31.4. The standard InChI is InChI=1S/C23H28F2N6O4S/c1-4-31-22(34)18(36-23(31)17(11-26)21(33)28-13-19(24)25)12-27-15-6-5-7-16(10-15)29-20(32)14-30(2)8-9-35-3/h5-7,10,12,19,27H,4,8-9,13-14H2,1-3H3,(H,28,33)(H,29,32)/b18-12+,23-17-. The minimum absolute atomic E-state index is 0.0726. The highest BCUT2D eigenvalue weighted by Gasteiger charge is 2.16. The molecule has 1 heterocycles. The van der Waals surface area contributed by atoms with Crippen molar-refractivity contribution in [1.29, 1.82) is 5.26 Å². The van der Waals surface area contributed by atoms with Crippen LogP contribution in [0, 0.1) is 11.3 Å². The Balaban J connectivity index is 2.26. The van der Waals surface area contributed by atoms with E-state index in [1.165, 1.54) is 10.8 Å².